The van der Waals surface area contributed by atoms with Gasteiger partial charge in [0.2, 0.25) is 0 Å². The third-order valence-corrected chi connectivity index (χ3v) is 2.50. The lowest BCUT2D eigenvalue weighted by Crippen LogP contribution is -1.70. The van der Waals surface area contributed by atoms with E-state index in [9.17, 15) is 0 Å². The van der Waals surface area contributed by atoms with Crippen LogP contribution < -0.4 is 0 Å². The Bertz CT molecular complexity index is 391. The fraction of sp³-hybridized carbons (Fsp3) is 0.294. The highest BCUT2D eigenvalue weighted by Gasteiger charge is 1.81. The van der Waals surface area contributed by atoms with Gasteiger partial charge in [-0.3, -0.25) is 0 Å². The van der Waals surface area contributed by atoms with Gasteiger partial charge in [-0.1, -0.05) is 66.9 Å². The fourth-order valence-electron chi connectivity index (χ4n) is 1.26. The van der Waals surface area contributed by atoms with Gasteiger partial charge < -0.3 is 0 Å². The molecule has 0 N–H and O–H groups in total. The molecule has 98 valence electrons. The van der Waals surface area contributed by atoms with Gasteiger partial charge in [-0.15, -0.1) is 12.6 Å². The quantitative estimate of drug-likeness (QED) is 0.584. The van der Waals surface area contributed by atoms with E-state index >= 15 is 0 Å². The molecule has 0 amide bonds. The first kappa shape index (κ1) is 16.8. The summed E-state index contributed by atoms with van der Waals surface area (Å²) in [7, 11) is 0. The normalized spacial score (nSPS) is 8.56. The zero-order valence-electron chi connectivity index (χ0n) is 12.1. The average Bonchev–Trinajstić information content (AvgIpc) is 2.36. The van der Waals surface area contributed by atoms with Crippen LogP contribution in [-0.4, -0.2) is 0 Å². The molecule has 0 nitrogen and oxygen atoms in total. The van der Waals surface area contributed by atoms with Crippen molar-refractivity contribution in [3.05, 3.63) is 65.2 Å². The molecule has 0 aliphatic carbocycles. The van der Waals surface area contributed by atoms with Crippen molar-refractivity contribution in [2.24, 2.45) is 0 Å². The van der Waals surface area contributed by atoms with Crippen molar-refractivity contribution in [1.29, 1.82) is 0 Å². The van der Waals surface area contributed by atoms with Crippen molar-refractivity contribution in [1.82, 2.24) is 0 Å². The van der Waals surface area contributed by atoms with Gasteiger partial charge in [0.05, 0.1) is 0 Å². The Hall–Kier alpha value is -1.21. The first-order chi connectivity index (χ1) is 8.58. The second kappa shape index (κ2) is 9.78. The maximum atomic E-state index is 4.15. The molecule has 0 aliphatic heterocycles. The molecule has 2 aromatic rings. The van der Waals surface area contributed by atoms with Crippen LogP contribution in [-0.2, 0) is 0 Å². The summed E-state index contributed by atoms with van der Waals surface area (Å²) in [6.45, 7) is 10.2. The Morgan fingerprint density at radius 3 is 1.39 bits per heavy atom. The number of rotatable bonds is 0. The second-order valence-corrected chi connectivity index (χ2v) is 4.51. The minimum Gasteiger partial charge on any atom is -0.143 e. The van der Waals surface area contributed by atoms with Gasteiger partial charge in [0.15, 0.2) is 0 Å². The first-order valence-corrected chi connectivity index (χ1v) is 6.81. The minimum absolute atomic E-state index is 1.03. The maximum absolute atomic E-state index is 4.15. The third-order valence-electron chi connectivity index (χ3n) is 2.22. The molecule has 0 saturated heterocycles. The molecule has 0 fully saturated rings. The number of thiol groups is 1. The smallest absolute Gasteiger partial charge is 0.00426 e. The van der Waals surface area contributed by atoms with Gasteiger partial charge in [0, 0.05) is 4.90 Å². The predicted molar refractivity (Wildman–Crippen MR) is 85.7 cm³/mol. The van der Waals surface area contributed by atoms with Crippen LogP contribution in [0.25, 0.3) is 0 Å². The second-order valence-electron chi connectivity index (χ2n) is 3.99. The van der Waals surface area contributed by atoms with Crippen molar-refractivity contribution >= 4 is 12.6 Å². The molecule has 0 atom stereocenters. The summed E-state index contributed by atoms with van der Waals surface area (Å²) in [4.78, 5) is 1.03. The van der Waals surface area contributed by atoms with Crippen LogP contribution in [0.2, 0.25) is 0 Å². The Balaban J connectivity index is 0.000000283. The predicted octanol–water partition coefficient (Wildman–Crippen LogP) is 5.61. The molecule has 0 saturated carbocycles. The maximum Gasteiger partial charge on any atom is 0.00426 e. The van der Waals surface area contributed by atoms with E-state index < -0.39 is 0 Å². The van der Waals surface area contributed by atoms with E-state index in [1.807, 2.05) is 32.0 Å². The first-order valence-electron chi connectivity index (χ1n) is 6.37. The Morgan fingerprint density at radius 1 is 0.667 bits per heavy atom. The van der Waals surface area contributed by atoms with Crippen LogP contribution in [0.5, 0.6) is 0 Å². The summed E-state index contributed by atoms with van der Waals surface area (Å²) in [6, 6.07) is 16.5. The van der Waals surface area contributed by atoms with E-state index in [4.69, 9.17) is 0 Å². The zero-order chi connectivity index (χ0) is 14.0. The average molecular weight is 260 g/mol. The molecule has 0 bridgehead atoms. The highest BCUT2D eigenvalue weighted by Crippen LogP contribution is 2.06. The molecule has 0 unspecified atom stereocenters. The molecule has 0 radical (unpaired) electrons. The summed E-state index contributed by atoms with van der Waals surface area (Å²) < 4.78 is 0. The largest absolute Gasteiger partial charge is 0.143 e. The molecule has 0 heterocycles. The van der Waals surface area contributed by atoms with Crippen LogP contribution in [0.1, 0.15) is 30.5 Å². The van der Waals surface area contributed by atoms with Crippen LogP contribution in [0.4, 0.5) is 0 Å². The van der Waals surface area contributed by atoms with E-state index in [0.717, 1.165) is 4.90 Å². The highest BCUT2D eigenvalue weighted by molar-refractivity contribution is 7.80. The van der Waals surface area contributed by atoms with Gasteiger partial charge >= 0.3 is 0 Å². The van der Waals surface area contributed by atoms with E-state index in [-0.39, 0.29) is 0 Å². The summed E-state index contributed by atoms with van der Waals surface area (Å²) in [5.41, 5.74) is 3.92. The highest BCUT2D eigenvalue weighted by atomic mass is 32.1. The van der Waals surface area contributed by atoms with E-state index in [2.05, 4.69) is 63.7 Å². The van der Waals surface area contributed by atoms with Crippen LogP contribution in [0, 0.1) is 20.8 Å². The molecule has 2 aromatic carbocycles. The van der Waals surface area contributed by atoms with Crippen molar-refractivity contribution in [2.75, 3.05) is 0 Å². The lowest BCUT2D eigenvalue weighted by molar-refractivity contribution is 1.37. The van der Waals surface area contributed by atoms with Crippen LogP contribution >= 0.6 is 12.6 Å². The fourth-order valence-corrected chi connectivity index (χ4v) is 1.55. The summed E-state index contributed by atoms with van der Waals surface area (Å²) in [5.74, 6) is 0. The monoisotopic (exact) mass is 260 g/mol. The Morgan fingerprint density at radius 2 is 1.11 bits per heavy atom. The van der Waals surface area contributed by atoms with E-state index in [1.165, 1.54) is 16.7 Å². The minimum atomic E-state index is 1.03. The Labute approximate surface area is 117 Å². The van der Waals surface area contributed by atoms with Crippen molar-refractivity contribution in [3.8, 4) is 0 Å². The van der Waals surface area contributed by atoms with Crippen molar-refractivity contribution < 1.29 is 0 Å². The molecule has 0 spiro atoms. The number of hydrogen-bond acceptors (Lipinski definition) is 1. The topological polar surface area (TPSA) is 0 Å². The molecule has 1 heteroatoms. The number of benzene rings is 2. The van der Waals surface area contributed by atoms with Gasteiger partial charge in [0.1, 0.15) is 0 Å². The lowest BCUT2D eigenvalue weighted by atomic mass is 10.2. The van der Waals surface area contributed by atoms with Gasteiger partial charge in [0.25, 0.3) is 0 Å². The van der Waals surface area contributed by atoms with Gasteiger partial charge in [-0.25, -0.2) is 0 Å². The van der Waals surface area contributed by atoms with E-state index in [1.54, 1.807) is 0 Å². The molecule has 0 aliphatic rings. The van der Waals surface area contributed by atoms with Crippen molar-refractivity contribution in [2.45, 2.75) is 39.5 Å². The van der Waals surface area contributed by atoms with Crippen LogP contribution in [0.15, 0.2) is 53.4 Å². The SMILES string of the molecule is CC.Cc1ccc(C)cc1.Cc1cccc(S)c1. The van der Waals surface area contributed by atoms with Crippen LogP contribution in [0.3, 0.4) is 0 Å². The van der Waals surface area contributed by atoms with Gasteiger partial charge in [-0.05, 0) is 32.9 Å². The molecule has 18 heavy (non-hydrogen) atoms. The number of aryl methyl sites for hydroxylation is 3. The third kappa shape index (κ3) is 7.97. The zero-order valence-corrected chi connectivity index (χ0v) is 13.0. The summed E-state index contributed by atoms with van der Waals surface area (Å²) in [5, 5.41) is 0. The van der Waals surface area contributed by atoms with E-state index in [0.29, 0.717) is 0 Å². The molecular weight excluding hydrogens is 236 g/mol. The van der Waals surface area contributed by atoms with Crippen molar-refractivity contribution in [3.63, 3.8) is 0 Å². The van der Waals surface area contributed by atoms with Gasteiger partial charge in [-0.2, -0.15) is 0 Å². The molecule has 2 rings (SSSR count). The summed E-state index contributed by atoms with van der Waals surface area (Å²) in [6.07, 6.45) is 0. The number of hydrogen-bond donors (Lipinski definition) is 1. The molecular formula is C17H24S. The standard InChI is InChI=1S/C8H10.C7H8S.C2H6/c1-7-3-5-8(2)6-4-7;1-6-3-2-4-7(8)5-6;1-2/h3-6H,1-2H3;2-5,8H,1H3;1-2H3. The summed E-state index contributed by atoms with van der Waals surface area (Å²) >= 11 is 4.15. The molecule has 0 aromatic heterocycles. The Kier molecular flexibility index (Phi) is 9.13. The lowest BCUT2D eigenvalue weighted by Gasteiger charge is -1.90.